The summed E-state index contributed by atoms with van der Waals surface area (Å²) in [7, 11) is 1.52. The van der Waals surface area contributed by atoms with Crippen molar-refractivity contribution in [3.8, 4) is 0 Å². The number of hydrogen-bond donors (Lipinski definition) is 3. The van der Waals surface area contributed by atoms with Crippen LogP contribution in [0.15, 0.2) is 48.7 Å². The van der Waals surface area contributed by atoms with Gasteiger partial charge in [0, 0.05) is 44.9 Å². The van der Waals surface area contributed by atoms with Crippen LogP contribution in [-0.4, -0.2) is 86.9 Å². The third kappa shape index (κ3) is 10.7. The number of methoxy groups -OCH3 is 1. The average Bonchev–Trinajstić information content (AvgIpc) is 3.36. The maximum Gasteiger partial charge on any atom is 0.490 e. The minimum atomic E-state index is -5.08. The van der Waals surface area contributed by atoms with Crippen molar-refractivity contribution in [3.63, 3.8) is 0 Å². The van der Waals surface area contributed by atoms with Gasteiger partial charge in [0.25, 0.3) is 0 Å². The number of pyridine rings is 1. The molecule has 0 aliphatic carbocycles. The Labute approximate surface area is 228 Å². The fourth-order valence-corrected chi connectivity index (χ4v) is 3.58. The monoisotopic (exact) mass is 593 g/mol. The summed E-state index contributed by atoms with van der Waals surface area (Å²) < 4.78 is 70.4. The Morgan fingerprint density at radius 1 is 1.00 bits per heavy atom. The van der Waals surface area contributed by atoms with Crippen LogP contribution < -0.4 is 5.32 Å². The first-order valence-electron chi connectivity index (χ1n) is 11.6. The molecule has 224 valence electrons. The zero-order chi connectivity index (χ0) is 30.8. The van der Waals surface area contributed by atoms with Gasteiger partial charge in [0.2, 0.25) is 5.91 Å². The van der Waals surface area contributed by atoms with Gasteiger partial charge in [0.1, 0.15) is 6.61 Å². The van der Waals surface area contributed by atoms with Crippen molar-refractivity contribution in [2.24, 2.45) is 0 Å². The highest BCUT2D eigenvalue weighted by atomic mass is 19.4. The van der Waals surface area contributed by atoms with E-state index >= 15 is 0 Å². The number of hydrogen-bond acceptors (Lipinski definition) is 7. The predicted octanol–water partition coefficient (Wildman–Crippen LogP) is 3.02. The number of ether oxygens (including phenoxy) is 1. The van der Waals surface area contributed by atoms with E-state index in [1.807, 2.05) is 35.1 Å². The highest BCUT2D eigenvalue weighted by Crippen LogP contribution is 2.22. The van der Waals surface area contributed by atoms with Gasteiger partial charge >= 0.3 is 24.3 Å². The molecule has 0 saturated carbocycles. The maximum absolute atomic E-state index is 11.7. The number of halogens is 6. The van der Waals surface area contributed by atoms with Gasteiger partial charge in [-0.1, -0.05) is 24.3 Å². The van der Waals surface area contributed by atoms with Crippen LogP contribution in [0.25, 0.3) is 10.9 Å². The standard InChI is InChI=1S/C20H23N5O2.2C2HF3O2/c1-27-14-20(26)21-10-18-13-24(12-17-8-9-22-25(17)18)11-16-7-6-15-4-2-3-5-19(15)23-16;2*3-2(4,5)1(6)7/h2-9,18H,10-14H2,1H3,(H,21,26);2*(H,6,7). The number of aromatic nitrogens is 3. The zero-order valence-electron chi connectivity index (χ0n) is 21.3. The van der Waals surface area contributed by atoms with Crippen molar-refractivity contribution >= 4 is 28.7 Å². The summed E-state index contributed by atoms with van der Waals surface area (Å²) in [5, 5.41) is 22.8. The number of carboxylic acid groups (broad SMARTS) is 2. The molecule has 1 amide bonds. The molecule has 0 saturated heterocycles. The Kier molecular flexibility index (Phi) is 11.6. The molecule has 0 bridgehead atoms. The number of para-hydroxylation sites is 1. The highest BCUT2D eigenvalue weighted by Gasteiger charge is 2.38. The molecule has 4 rings (SSSR count). The number of nitrogens with zero attached hydrogens (tertiary/aromatic N) is 4. The Morgan fingerprint density at radius 2 is 1.61 bits per heavy atom. The van der Waals surface area contributed by atoms with Crippen LogP contribution in [0.2, 0.25) is 0 Å². The molecule has 3 aromatic rings. The maximum atomic E-state index is 11.7. The second-order valence-electron chi connectivity index (χ2n) is 8.43. The van der Waals surface area contributed by atoms with E-state index in [0.29, 0.717) is 6.54 Å². The number of carboxylic acids is 2. The quantitative estimate of drug-likeness (QED) is 0.367. The second-order valence-corrected chi connectivity index (χ2v) is 8.43. The van der Waals surface area contributed by atoms with E-state index in [4.69, 9.17) is 29.5 Å². The molecule has 1 unspecified atom stereocenters. The van der Waals surface area contributed by atoms with E-state index in [2.05, 4.69) is 33.5 Å². The number of carbonyl (C=O) groups excluding carboxylic acids is 1. The van der Waals surface area contributed by atoms with Crippen LogP contribution in [0.5, 0.6) is 0 Å². The lowest BCUT2D eigenvalue weighted by Crippen LogP contribution is -2.43. The van der Waals surface area contributed by atoms with Crippen molar-refractivity contribution in [2.75, 3.05) is 26.8 Å². The van der Waals surface area contributed by atoms with Crippen molar-refractivity contribution < 1.29 is 55.7 Å². The van der Waals surface area contributed by atoms with Gasteiger partial charge in [-0.15, -0.1) is 0 Å². The molecule has 0 spiro atoms. The number of benzene rings is 1. The van der Waals surface area contributed by atoms with Gasteiger partial charge in [-0.3, -0.25) is 19.4 Å². The number of aliphatic carboxylic acids is 2. The third-order valence-corrected chi connectivity index (χ3v) is 5.29. The number of nitrogens with one attached hydrogen (secondary N) is 1. The lowest BCUT2D eigenvalue weighted by atomic mass is 10.1. The van der Waals surface area contributed by atoms with Crippen molar-refractivity contribution in [3.05, 3.63) is 60.0 Å². The largest absolute Gasteiger partial charge is 0.490 e. The summed E-state index contributed by atoms with van der Waals surface area (Å²) in [6.07, 6.45) is -8.35. The van der Waals surface area contributed by atoms with E-state index in [-0.39, 0.29) is 18.6 Å². The smallest absolute Gasteiger partial charge is 0.475 e. The third-order valence-electron chi connectivity index (χ3n) is 5.29. The first-order chi connectivity index (χ1) is 19.1. The fourth-order valence-electron chi connectivity index (χ4n) is 3.58. The van der Waals surface area contributed by atoms with E-state index in [1.165, 1.54) is 7.11 Å². The van der Waals surface area contributed by atoms with Crippen LogP contribution in [0, 0.1) is 0 Å². The number of carbonyl (C=O) groups is 3. The lowest BCUT2D eigenvalue weighted by molar-refractivity contribution is -0.193. The van der Waals surface area contributed by atoms with E-state index < -0.39 is 24.3 Å². The number of amides is 1. The molecule has 11 nitrogen and oxygen atoms in total. The SMILES string of the molecule is COCC(=O)NCC1CN(Cc2ccc3ccccc3n2)Cc2ccnn21.O=C(O)C(F)(F)F.O=C(O)C(F)(F)F. The molecule has 3 heterocycles. The average molecular weight is 593 g/mol. The molecule has 41 heavy (non-hydrogen) atoms. The predicted molar refractivity (Wildman–Crippen MR) is 129 cm³/mol. The summed E-state index contributed by atoms with van der Waals surface area (Å²) in [5.74, 6) is -5.63. The first kappa shape index (κ1) is 33.0. The normalized spacial score (nSPS) is 15.0. The molecule has 1 atom stereocenters. The Balaban J connectivity index is 0.000000349. The van der Waals surface area contributed by atoms with E-state index in [0.717, 1.165) is 41.9 Å². The minimum Gasteiger partial charge on any atom is -0.475 e. The fraction of sp³-hybridized carbons (Fsp3) is 0.375. The Morgan fingerprint density at radius 3 is 2.20 bits per heavy atom. The number of alkyl halides is 6. The Bertz CT molecular complexity index is 1310. The Hall–Kier alpha value is -4.25. The molecule has 0 fully saturated rings. The lowest BCUT2D eigenvalue weighted by Gasteiger charge is -2.33. The molecule has 2 aromatic heterocycles. The van der Waals surface area contributed by atoms with Gasteiger partial charge in [0.15, 0.2) is 0 Å². The number of fused-ring (bicyclic) bond motifs is 2. The van der Waals surface area contributed by atoms with Gasteiger partial charge in [-0.2, -0.15) is 31.4 Å². The van der Waals surface area contributed by atoms with Crippen molar-refractivity contribution in [2.45, 2.75) is 31.5 Å². The summed E-state index contributed by atoms with van der Waals surface area (Å²) in [4.78, 5) is 36.7. The van der Waals surface area contributed by atoms with Gasteiger partial charge in [-0.05, 0) is 18.2 Å². The number of rotatable bonds is 6. The molecule has 1 aliphatic rings. The zero-order valence-corrected chi connectivity index (χ0v) is 21.3. The second kappa shape index (κ2) is 14.4. The first-order valence-corrected chi connectivity index (χ1v) is 11.6. The topological polar surface area (TPSA) is 147 Å². The van der Waals surface area contributed by atoms with Crippen molar-refractivity contribution in [1.82, 2.24) is 25.0 Å². The van der Waals surface area contributed by atoms with Gasteiger partial charge in [-0.25, -0.2) is 9.59 Å². The molecule has 1 aromatic carbocycles. The van der Waals surface area contributed by atoms with Gasteiger partial charge < -0.3 is 20.3 Å². The molecular formula is C24H25F6N5O6. The summed E-state index contributed by atoms with van der Waals surface area (Å²) >= 11 is 0. The van der Waals surface area contributed by atoms with Crippen LogP contribution in [-0.2, 0) is 32.2 Å². The van der Waals surface area contributed by atoms with Gasteiger partial charge in [0.05, 0.1) is 22.9 Å². The molecule has 1 aliphatic heterocycles. The van der Waals surface area contributed by atoms with Crippen LogP contribution in [0.1, 0.15) is 17.4 Å². The minimum absolute atomic E-state index is 0.0728. The van der Waals surface area contributed by atoms with E-state index in [9.17, 15) is 31.1 Å². The highest BCUT2D eigenvalue weighted by molar-refractivity contribution is 5.78. The summed E-state index contributed by atoms with van der Waals surface area (Å²) in [6, 6.07) is 14.5. The molecule has 3 N–H and O–H groups in total. The molecule has 0 radical (unpaired) electrons. The van der Waals surface area contributed by atoms with Crippen molar-refractivity contribution in [1.29, 1.82) is 0 Å². The van der Waals surface area contributed by atoms with Crippen LogP contribution in [0.3, 0.4) is 0 Å². The summed E-state index contributed by atoms with van der Waals surface area (Å²) in [6.45, 7) is 2.98. The van der Waals surface area contributed by atoms with Crippen LogP contribution in [0.4, 0.5) is 26.3 Å². The molecular weight excluding hydrogens is 568 g/mol. The summed E-state index contributed by atoms with van der Waals surface area (Å²) in [5.41, 5.74) is 3.21. The molecule has 17 heteroatoms. The van der Waals surface area contributed by atoms with Crippen LogP contribution >= 0.6 is 0 Å². The van der Waals surface area contributed by atoms with E-state index in [1.54, 1.807) is 0 Å².